The van der Waals surface area contributed by atoms with Gasteiger partial charge in [0, 0.05) is 7.11 Å². The Labute approximate surface area is 112 Å². The van der Waals surface area contributed by atoms with Gasteiger partial charge in [0.2, 0.25) is 0 Å². The first-order valence-electron chi connectivity index (χ1n) is 6.05. The number of carboxylic acids is 1. The van der Waals surface area contributed by atoms with Crippen LogP contribution in [0.3, 0.4) is 0 Å². The van der Waals surface area contributed by atoms with E-state index in [1.54, 1.807) is 0 Å². The van der Waals surface area contributed by atoms with E-state index in [2.05, 4.69) is 0 Å². The van der Waals surface area contributed by atoms with Gasteiger partial charge in [-0.15, -0.1) is 0 Å². The first-order valence-corrected chi connectivity index (χ1v) is 6.05. The van der Waals surface area contributed by atoms with Crippen molar-refractivity contribution in [2.24, 2.45) is 0 Å². The summed E-state index contributed by atoms with van der Waals surface area (Å²) in [4.78, 5) is 11.9. The normalized spacial score (nSPS) is 11.2. The van der Waals surface area contributed by atoms with Gasteiger partial charge in [0.25, 0.3) is 0 Å². The average Bonchev–Trinajstić information content (AvgIpc) is 2.46. The van der Waals surface area contributed by atoms with Crippen LogP contribution in [-0.4, -0.2) is 24.8 Å². The summed E-state index contributed by atoms with van der Waals surface area (Å²) >= 11 is 0. The Balaban J connectivity index is 2.65. The molecule has 0 bridgehead atoms. The van der Waals surface area contributed by atoms with E-state index in [9.17, 15) is 9.90 Å². The maximum atomic E-state index is 11.9. The van der Waals surface area contributed by atoms with E-state index in [1.165, 1.54) is 7.11 Å². The summed E-state index contributed by atoms with van der Waals surface area (Å²) in [5.41, 5.74) is 0.267. The van der Waals surface area contributed by atoms with Crippen molar-refractivity contribution in [3.05, 3.63) is 71.8 Å². The van der Waals surface area contributed by atoms with E-state index in [0.29, 0.717) is 0 Å². The Morgan fingerprint density at radius 1 is 1.00 bits per heavy atom. The molecule has 2 rings (SSSR count). The Kier molecular flexibility index (Phi) is 3.97. The van der Waals surface area contributed by atoms with Crippen LogP contribution in [0.1, 0.15) is 11.1 Å². The van der Waals surface area contributed by atoms with Gasteiger partial charge in [-0.2, -0.15) is 0 Å². The molecule has 2 aromatic carbocycles. The zero-order valence-electron chi connectivity index (χ0n) is 10.7. The minimum absolute atomic E-state index is 0.0936. The average molecular weight is 256 g/mol. The monoisotopic (exact) mass is 256 g/mol. The van der Waals surface area contributed by atoms with E-state index >= 15 is 0 Å². The van der Waals surface area contributed by atoms with Gasteiger partial charge in [-0.3, -0.25) is 4.79 Å². The minimum atomic E-state index is -1.17. The molecule has 0 aliphatic rings. The molecule has 0 aliphatic carbocycles. The van der Waals surface area contributed by atoms with E-state index < -0.39 is 11.4 Å². The van der Waals surface area contributed by atoms with Crippen molar-refractivity contribution in [2.45, 2.75) is 5.41 Å². The standard InChI is InChI=1S/C16H16O3/c1-19-12-16(15(17)18,13-8-4-2-5-9-13)14-10-6-3-7-11-14/h2-11H,12H2,1H3,(H,17,18). The Morgan fingerprint density at radius 2 is 1.42 bits per heavy atom. The van der Waals surface area contributed by atoms with Crippen LogP contribution in [0.25, 0.3) is 0 Å². The molecule has 0 unspecified atom stereocenters. The van der Waals surface area contributed by atoms with Crippen LogP contribution in [0, 0.1) is 0 Å². The molecule has 2 aromatic rings. The molecule has 0 heterocycles. The first-order chi connectivity index (χ1) is 9.21. The van der Waals surface area contributed by atoms with E-state index in [1.807, 2.05) is 60.7 Å². The third-order valence-electron chi connectivity index (χ3n) is 3.26. The van der Waals surface area contributed by atoms with E-state index in [-0.39, 0.29) is 6.61 Å². The summed E-state index contributed by atoms with van der Waals surface area (Å²) in [6, 6.07) is 18.4. The summed E-state index contributed by atoms with van der Waals surface area (Å²) < 4.78 is 5.20. The molecule has 0 fully saturated rings. The Morgan fingerprint density at radius 3 is 1.74 bits per heavy atom. The van der Waals surface area contributed by atoms with E-state index in [4.69, 9.17) is 4.74 Å². The highest BCUT2D eigenvalue weighted by atomic mass is 16.5. The number of hydrogen-bond donors (Lipinski definition) is 1. The van der Waals surface area contributed by atoms with Gasteiger partial charge in [-0.25, -0.2) is 0 Å². The second kappa shape index (κ2) is 5.67. The third-order valence-corrected chi connectivity index (χ3v) is 3.26. The van der Waals surface area contributed by atoms with Gasteiger partial charge < -0.3 is 9.84 Å². The van der Waals surface area contributed by atoms with Gasteiger partial charge in [-0.05, 0) is 11.1 Å². The SMILES string of the molecule is COCC(C(=O)O)(c1ccccc1)c1ccccc1. The molecule has 0 aliphatic heterocycles. The number of carboxylic acid groups (broad SMARTS) is 1. The number of aliphatic carboxylic acids is 1. The quantitative estimate of drug-likeness (QED) is 0.894. The lowest BCUT2D eigenvalue weighted by atomic mass is 9.75. The molecule has 1 N–H and O–H groups in total. The Hall–Kier alpha value is -2.13. The molecule has 0 aromatic heterocycles. The largest absolute Gasteiger partial charge is 0.480 e. The van der Waals surface area contributed by atoms with Crippen molar-refractivity contribution in [1.29, 1.82) is 0 Å². The molecule has 3 nitrogen and oxygen atoms in total. The molecular weight excluding hydrogens is 240 g/mol. The molecular formula is C16H16O3. The summed E-state index contributed by atoms with van der Waals surface area (Å²) in [5, 5.41) is 9.78. The van der Waals surface area contributed by atoms with Crippen LogP contribution in [0.2, 0.25) is 0 Å². The van der Waals surface area contributed by atoms with E-state index in [0.717, 1.165) is 11.1 Å². The van der Waals surface area contributed by atoms with Gasteiger partial charge in [0.05, 0.1) is 6.61 Å². The zero-order valence-corrected chi connectivity index (χ0v) is 10.7. The van der Waals surface area contributed by atoms with Gasteiger partial charge in [-0.1, -0.05) is 60.7 Å². The van der Waals surface area contributed by atoms with Crippen molar-refractivity contribution in [1.82, 2.24) is 0 Å². The lowest BCUT2D eigenvalue weighted by molar-refractivity contribution is -0.144. The maximum Gasteiger partial charge on any atom is 0.321 e. The lowest BCUT2D eigenvalue weighted by Gasteiger charge is -2.29. The smallest absolute Gasteiger partial charge is 0.321 e. The summed E-state index contributed by atoms with van der Waals surface area (Å²) in [7, 11) is 1.52. The second-order valence-electron chi connectivity index (χ2n) is 4.38. The fourth-order valence-electron chi connectivity index (χ4n) is 2.30. The highest BCUT2D eigenvalue weighted by Crippen LogP contribution is 2.33. The summed E-state index contributed by atoms with van der Waals surface area (Å²) in [6.07, 6.45) is 0. The van der Waals surface area contributed by atoms with Crippen LogP contribution in [0.5, 0.6) is 0 Å². The topological polar surface area (TPSA) is 46.5 Å². The fourth-order valence-corrected chi connectivity index (χ4v) is 2.30. The second-order valence-corrected chi connectivity index (χ2v) is 4.38. The molecule has 0 radical (unpaired) electrons. The van der Waals surface area contributed by atoms with Crippen LogP contribution < -0.4 is 0 Å². The van der Waals surface area contributed by atoms with Gasteiger partial charge >= 0.3 is 5.97 Å². The van der Waals surface area contributed by atoms with Crippen LogP contribution >= 0.6 is 0 Å². The third kappa shape index (κ3) is 2.37. The van der Waals surface area contributed by atoms with Crippen molar-refractivity contribution >= 4 is 5.97 Å². The molecule has 0 spiro atoms. The van der Waals surface area contributed by atoms with Crippen molar-refractivity contribution < 1.29 is 14.6 Å². The van der Waals surface area contributed by atoms with Crippen LogP contribution in [0.4, 0.5) is 0 Å². The maximum absolute atomic E-state index is 11.9. The van der Waals surface area contributed by atoms with Crippen LogP contribution in [-0.2, 0) is 14.9 Å². The van der Waals surface area contributed by atoms with Crippen LogP contribution in [0.15, 0.2) is 60.7 Å². The predicted octanol–water partition coefficient (Wildman–Crippen LogP) is 2.70. The first kappa shape index (κ1) is 13.3. The number of hydrogen-bond acceptors (Lipinski definition) is 2. The number of carbonyl (C=O) groups is 1. The van der Waals surface area contributed by atoms with Crippen molar-refractivity contribution in [2.75, 3.05) is 13.7 Å². The predicted molar refractivity (Wildman–Crippen MR) is 73.2 cm³/mol. The summed E-state index contributed by atoms with van der Waals surface area (Å²) in [6.45, 7) is 0.0936. The van der Waals surface area contributed by atoms with Gasteiger partial charge in [0.1, 0.15) is 5.41 Å². The molecule has 0 amide bonds. The highest BCUT2D eigenvalue weighted by Gasteiger charge is 2.42. The fraction of sp³-hybridized carbons (Fsp3) is 0.188. The number of methoxy groups -OCH3 is 1. The number of ether oxygens (including phenoxy) is 1. The van der Waals surface area contributed by atoms with Crippen molar-refractivity contribution in [3.63, 3.8) is 0 Å². The lowest BCUT2D eigenvalue weighted by Crippen LogP contribution is -2.41. The Bertz CT molecular complexity index is 495. The molecule has 0 saturated carbocycles. The minimum Gasteiger partial charge on any atom is -0.480 e. The summed E-state index contributed by atoms with van der Waals surface area (Å²) in [5.74, 6) is -0.910. The number of benzene rings is 2. The number of rotatable bonds is 5. The molecule has 98 valence electrons. The zero-order chi connectivity index (χ0) is 13.7. The molecule has 3 heteroatoms. The molecule has 19 heavy (non-hydrogen) atoms. The molecule has 0 saturated heterocycles. The molecule has 0 atom stereocenters. The highest BCUT2D eigenvalue weighted by molar-refractivity contribution is 5.86. The van der Waals surface area contributed by atoms with Gasteiger partial charge in [0.15, 0.2) is 0 Å². The van der Waals surface area contributed by atoms with Crippen molar-refractivity contribution in [3.8, 4) is 0 Å².